The molecule has 0 aliphatic carbocycles. The van der Waals surface area contributed by atoms with E-state index in [0.29, 0.717) is 30.6 Å². The fourth-order valence-corrected chi connectivity index (χ4v) is 2.79. The maximum atomic E-state index is 12.7. The number of carbonyl (C=O) groups is 1. The number of ether oxygens (including phenoxy) is 1. The number of para-hydroxylation sites is 1. The first-order valence-electron chi connectivity index (χ1n) is 9.07. The smallest absolute Gasteiger partial charge is 0.257 e. The van der Waals surface area contributed by atoms with Crippen LogP contribution < -0.4 is 10.6 Å². The summed E-state index contributed by atoms with van der Waals surface area (Å²) in [5.74, 6) is 1.24. The van der Waals surface area contributed by atoms with Crippen molar-refractivity contribution in [3.8, 4) is 0 Å². The molecule has 2 aromatic rings. The summed E-state index contributed by atoms with van der Waals surface area (Å²) in [5.41, 5.74) is 3.76. The van der Waals surface area contributed by atoms with Crippen LogP contribution in [0.3, 0.4) is 0 Å². The lowest BCUT2D eigenvalue weighted by Crippen LogP contribution is -2.16. The van der Waals surface area contributed by atoms with Crippen LogP contribution >= 0.6 is 0 Å². The molecule has 5 nitrogen and oxygen atoms in total. The summed E-state index contributed by atoms with van der Waals surface area (Å²) in [6.45, 7) is 9.82. The molecule has 1 amide bonds. The number of hydrogen-bond acceptors (Lipinski definition) is 4. The van der Waals surface area contributed by atoms with Crippen LogP contribution in [-0.2, 0) is 4.74 Å². The molecule has 0 fully saturated rings. The lowest BCUT2D eigenvalue weighted by atomic mass is 9.92. The summed E-state index contributed by atoms with van der Waals surface area (Å²) in [6, 6.07) is 9.80. The molecule has 1 heterocycles. The Morgan fingerprint density at radius 2 is 1.73 bits per heavy atom. The van der Waals surface area contributed by atoms with Crippen molar-refractivity contribution in [1.82, 2.24) is 4.98 Å². The fourth-order valence-electron chi connectivity index (χ4n) is 2.79. The molecule has 5 heteroatoms. The molecule has 1 aromatic carbocycles. The molecule has 0 aliphatic rings. The third-order valence-electron chi connectivity index (χ3n) is 4.25. The van der Waals surface area contributed by atoms with Crippen molar-refractivity contribution in [2.75, 3.05) is 30.9 Å². The van der Waals surface area contributed by atoms with Gasteiger partial charge in [-0.3, -0.25) is 4.79 Å². The van der Waals surface area contributed by atoms with Crippen LogP contribution in [0.4, 0.5) is 11.5 Å². The van der Waals surface area contributed by atoms with E-state index in [1.54, 1.807) is 19.4 Å². The lowest BCUT2D eigenvalue weighted by molar-refractivity contribution is 0.102. The van der Waals surface area contributed by atoms with Crippen molar-refractivity contribution in [2.45, 2.75) is 39.5 Å². The molecule has 0 saturated carbocycles. The zero-order chi connectivity index (χ0) is 19.1. The number of aromatic nitrogens is 1. The molecule has 0 radical (unpaired) electrons. The van der Waals surface area contributed by atoms with Crippen LogP contribution in [0.15, 0.2) is 36.5 Å². The molecular formula is C21H29N3O2. The zero-order valence-corrected chi connectivity index (χ0v) is 16.3. The molecule has 0 unspecified atom stereocenters. The monoisotopic (exact) mass is 355 g/mol. The summed E-state index contributed by atoms with van der Waals surface area (Å²) in [4.78, 5) is 17.0. The van der Waals surface area contributed by atoms with Gasteiger partial charge in [-0.1, -0.05) is 45.9 Å². The molecular weight excluding hydrogens is 326 g/mol. The van der Waals surface area contributed by atoms with Crippen LogP contribution in [0.5, 0.6) is 0 Å². The summed E-state index contributed by atoms with van der Waals surface area (Å²) in [6.07, 6.45) is 1.59. The Morgan fingerprint density at radius 1 is 1.08 bits per heavy atom. The second kappa shape index (κ2) is 9.34. The molecule has 0 saturated heterocycles. The highest BCUT2D eigenvalue weighted by Gasteiger charge is 2.17. The zero-order valence-electron chi connectivity index (χ0n) is 16.3. The summed E-state index contributed by atoms with van der Waals surface area (Å²) >= 11 is 0. The maximum Gasteiger partial charge on any atom is 0.257 e. The average Bonchev–Trinajstić information content (AvgIpc) is 2.62. The average molecular weight is 355 g/mol. The van der Waals surface area contributed by atoms with Crippen molar-refractivity contribution in [3.63, 3.8) is 0 Å². The van der Waals surface area contributed by atoms with E-state index in [1.807, 2.05) is 6.07 Å². The van der Waals surface area contributed by atoms with Gasteiger partial charge < -0.3 is 15.4 Å². The molecule has 0 spiro atoms. The third kappa shape index (κ3) is 5.05. The van der Waals surface area contributed by atoms with Crippen LogP contribution in [0.1, 0.15) is 61.0 Å². The number of nitrogens with one attached hydrogen (secondary N) is 2. The van der Waals surface area contributed by atoms with E-state index >= 15 is 0 Å². The van der Waals surface area contributed by atoms with E-state index in [0.717, 1.165) is 22.6 Å². The number of nitrogens with zero attached hydrogens (tertiary/aromatic N) is 1. The van der Waals surface area contributed by atoms with Gasteiger partial charge in [0.15, 0.2) is 0 Å². The van der Waals surface area contributed by atoms with Gasteiger partial charge in [-0.05, 0) is 35.1 Å². The Bertz CT molecular complexity index is 698. The van der Waals surface area contributed by atoms with Gasteiger partial charge in [-0.15, -0.1) is 0 Å². The van der Waals surface area contributed by atoms with Crippen molar-refractivity contribution in [1.29, 1.82) is 0 Å². The molecule has 0 aliphatic heterocycles. The van der Waals surface area contributed by atoms with Gasteiger partial charge in [0.1, 0.15) is 5.82 Å². The number of methoxy groups -OCH3 is 1. The minimum absolute atomic E-state index is 0.143. The van der Waals surface area contributed by atoms with Crippen molar-refractivity contribution >= 4 is 17.4 Å². The summed E-state index contributed by atoms with van der Waals surface area (Å²) in [7, 11) is 1.66. The normalized spacial score (nSPS) is 11.0. The maximum absolute atomic E-state index is 12.7. The van der Waals surface area contributed by atoms with Gasteiger partial charge in [0.25, 0.3) is 5.91 Å². The van der Waals surface area contributed by atoms with Crippen LogP contribution in [0.25, 0.3) is 0 Å². The second-order valence-electron chi connectivity index (χ2n) is 6.93. The Balaban J connectivity index is 2.19. The van der Waals surface area contributed by atoms with Gasteiger partial charge in [-0.25, -0.2) is 4.98 Å². The molecule has 140 valence electrons. The standard InChI is InChI=1S/C21H29N3O2/c1-14(2)17-7-6-8-18(15(3)4)20(17)24-21(25)16-9-10-19(23-13-16)22-11-12-26-5/h6-10,13-15H,11-12H2,1-5H3,(H,22,23)(H,24,25). The number of carbonyl (C=O) groups excluding carboxylic acids is 1. The predicted molar refractivity (Wildman–Crippen MR) is 107 cm³/mol. The highest BCUT2D eigenvalue weighted by molar-refractivity contribution is 6.05. The van der Waals surface area contributed by atoms with Crippen molar-refractivity contribution in [3.05, 3.63) is 53.2 Å². The highest BCUT2D eigenvalue weighted by atomic mass is 16.5. The number of rotatable bonds is 8. The van der Waals surface area contributed by atoms with E-state index in [1.165, 1.54) is 0 Å². The van der Waals surface area contributed by atoms with E-state index in [4.69, 9.17) is 4.74 Å². The van der Waals surface area contributed by atoms with Crippen LogP contribution in [0, 0.1) is 0 Å². The van der Waals surface area contributed by atoms with Crippen molar-refractivity contribution in [2.24, 2.45) is 0 Å². The SMILES string of the molecule is COCCNc1ccc(C(=O)Nc2c(C(C)C)cccc2C(C)C)cn1. The first-order valence-corrected chi connectivity index (χ1v) is 9.07. The molecule has 26 heavy (non-hydrogen) atoms. The Hall–Kier alpha value is -2.40. The first kappa shape index (κ1) is 19.9. The number of amides is 1. The van der Waals surface area contributed by atoms with Crippen LogP contribution in [-0.4, -0.2) is 31.2 Å². The quantitative estimate of drug-likeness (QED) is 0.677. The number of pyridine rings is 1. The molecule has 0 bridgehead atoms. The second-order valence-corrected chi connectivity index (χ2v) is 6.93. The number of hydrogen-bond donors (Lipinski definition) is 2. The predicted octanol–water partition coefficient (Wildman–Crippen LogP) is 4.64. The molecule has 0 atom stereocenters. The van der Waals surface area contributed by atoms with E-state index in [-0.39, 0.29) is 5.91 Å². The highest BCUT2D eigenvalue weighted by Crippen LogP contribution is 2.32. The van der Waals surface area contributed by atoms with Gasteiger partial charge in [0.2, 0.25) is 0 Å². The van der Waals surface area contributed by atoms with E-state index in [2.05, 4.69) is 61.5 Å². The lowest BCUT2D eigenvalue weighted by Gasteiger charge is -2.20. The topological polar surface area (TPSA) is 63.2 Å². The summed E-state index contributed by atoms with van der Waals surface area (Å²) in [5, 5.41) is 6.25. The number of benzene rings is 1. The van der Waals surface area contributed by atoms with Gasteiger partial charge in [0.05, 0.1) is 12.2 Å². The van der Waals surface area contributed by atoms with E-state index in [9.17, 15) is 4.79 Å². The largest absolute Gasteiger partial charge is 0.383 e. The molecule has 1 aromatic heterocycles. The minimum atomic E-state index is -0.143. The van der Waals surface area contributed by atoms with E-state index < -0.39 is 0 Å². The first-order chi connectivity index (χ1) is 12.4. The fraction of sp³-hybridized carbons (Fsp3) is 0.429. The van der Waals surface area contributed by atoms with Crippen molar-refractivity contribution < 1.29 is 9.53 Å². The van der Waals surface area contributed by atoms with Gasteiger partial charge >= 0.3 is 0 Å². The molecule has 2 N–H and O–H groups in total. The van der Waals surface area contributed by atoms with Gasteiger partial charge in [0, 0.05) is 25.5 Å². The minimum Gasteiger partial charge on any atom is -0.383 e. The Morgan fingerprint density at radius 3 is 2.23 bits per heavy atom. The third-order valence-corrected chi connectivity index (χ3v) is 4.25. The number of anilines is 2. The summed E-state index contributed by atoms with van der Waals surface area (Å²) < 4.78 is 5.00. The Labute approximate surface area is 156 Å². The van der Waals surface area contributed by atoms with Gasteiger partial charge in [-0.2, -0.15) is 0 Å². The Kier molecular flexibility index (Phi) is 7.16. The molecule has 2 rings (SSSR count). The van der Waals surface area contributed by atoms with Crippen LogP contribution in [0.2, 0.25) is 0 Å².